The molecule has 10 nitrogen and oxygen atoms in total. The molecule has 2 aromatic carbocycles. The maximum atomic E-state index is 13.6. The number of methoxy groups -OCH3 is 6. The van der Waals surface area contributed by atoms with Gasteiger partial charge in [0.1, 0.15) is 5.82 Å². The number of nitrogens with two attached hydrogens (primary N) is 1. The van der Waals surface area contributed by atoms with Crippen LogP contribution in [0.3, 0.4) is 0 Å². The van der Waals surface area contributed by atoms with E-state index in [1.165, 1.54) is 42.7 Å². The maximum absolute atomic E-state index is 13.6. The zero-order valence-electron chi connectivity index (χ0n) is 22.3. The minimum absolute atomic E-state index is 0.0641. The summed E-state index contributed by atoms with van der Waals surface area (Å²) in [6.45, 7) is 0. The lowest BCUT2D eigenvalue weighted by Crippen LogP contribution is -2.38. The summed E-state index contributed by atoms with van der Waals surface area (Å²) >= 11 is 0. The maximum Gasteiger partial charge on any atom is 0.203 e. The summed E-state index contributed by atoms with van der Waals surface area (Å²) in [5.74, 6) is 1.81. The van der Waals surface area contributed by atoms with Gasteiger partial charge in [-0.1, -0.05) is 6.07 Å². The van der Waals surface area contributed by atoms with Crippen molar-refractivity contribution in [3.05, 3.63) is 52.5 Å². The Morgan fingerprint density at radius 1 is 0.842 bits per heavy atom. The van der Waals surface area contributed by atoms with Gasteiger partial charge in [0.25, 0.3) is 0 Å². The fraction of sp³-hybridized carbons (Fsp3) is 0.357. The molecule has 1 heterocycles. The summed E-state index contributed by atoms with van der Waals surface area (Å²) in [5, 5.41) is 10.4. The molecule has 0 spiro atoms. The van der Waals surface area contributed by atoms with Crippen LogP contribution in [-0.2, 0) is 4.79 Å². The Hall–Kier alpha value is -4.52. The van der Waals surface area contributed by atoms with Crippen molar-refractivity contribution in [2.45, 2.75) is 25.2 Å². The average Bonchev–Trinajstić information content (AvgIpc) is 2.94. The van der Waals surface area contributed by atoms with Crippen LogP contribution in [0.4, 0.5) is 5.69 Å². The van der Waals surface area contributed by atoms with Crippen LogP contribution in [-0.4, -0.2) is 48.4 Å². The van der Waals surface area contributed by atoms with Crippen LogP contribution < -0.4 is 39.1 Å². The molecule has 2 N–H and O–H groups in total. The van der Waals surface area contributed by atoms with E-state index in [4.69, 9.17) is 34.2 Å². The van der Waals surface area contributed by atoms with E-state index in [0.717, 1.165) is 0 Å². The Labute approximate surface area is 221 Å². The van der Waals surface area contributed by atoms with Crippen LogP contribution in [0.15, 0.2) is 46.9 Å². The van der Waals surface area contributed by atoms with Crippen molar-refractivity contribution >= 4 is 11.5 Å². The topological polar surface area (TPSA) is 126 Å². The van der Waals surface area contributed by atoms with Crippen molar-refractivity contribution in [3.8, 4) is 40.6 Å². The Kier molecular flexibility index (Phi) is 7.57. The van der Waals surface area contributed by atoms with E-state index in [1.54, 1.807) is 29.2 Å². The zero-order valence-corrected chi connectivity index (χ0v) is 22.3. The highest BCUT2D eigenvalue weighted by Gasteiger charge is 2.42. The highest BCUT2D eigenvalue weighted by molar-refractivity contribution is 6.01. The number of nitrogens with zero attached hydrogens (tertiary/aromatic N) is 2. The Balaban J connectivity index is 2.03. The minimum Gasteiger partial charge on any atom is -0.493 e. The van der Waals surface area contributed by atoms with E-state index >= 15 is 0 Å². The summed E-state index contributed by atoms with van der Waals surface area (Å²) in [6.07, 6.45) is 1.57. The number of carbonyl (C=O) groups is 1. The predicted molar refractivity (Wildman–Crippen MR) is 140 cm³/mol. The summed E-state index contributed by atoms with van der Waals surface area (Å²) in [7, 11) is 9.09. The quantitative estimate of drug-likeness (QED) is 0.544. The van der Waals surface area contributed by atoms with Crippen LogP contribution in [0.1, 0.15) is 30.7 Å². The van der Waals surface area contributed by atoms with E-state index in [0.29, 0.717) is 76.3 Å². The summed E-state index contributed by atoms with van der Waals surface area (Å²) in [4.78, 5) is 15.3. The van der Waals surface area contributed by atoms with Crippen molar-refractivity contribution in [3.63, 3.8) is 0 Å². The van der Waals surface area contributed by atoms with Crippen LogP contribution in [0.25, 0.3) is 0 Å². The first-order chi connectivity index (χ1) is 18.4. The second-order valence-corrected chi connectivity index (χ2v) is 8.62. The van der Waals surface area contributed by atoms with E-state index in [1.807, 2.05) is 0 Å². The van der Waals surface area contributed by atoms with Gasteiger partial charge in [-0.3, -0.25) is 9.69 Å². The molecule has 0 fully saturated rings. The summed E-state index contributed by atoms with van der Waals surface area (Å²) < 4.78 is 33.3. The van der Waals surface area contributed by atoms with E-state index in [-0.39, 0.29) is 17.2 Å². The number of hydrogen-bond donors (Lipinski definition) is 1. The fourth-order valence-electron chi connectivity index (χ4n) is 5.24. The van der Waals surface area contributed by atoms with Crippen molar-refractivity contribution in [2.75, 3.05) is 47.6 Å². The molecule has 0 aromatic heterocycles. The molecule has 1 aliphatic heterocycles. The normalized spacial score (nSPS) is 17.0. The highest BCUT2D eigenvalue weighted by Crippen LogP contribution is 2.52. The number of ketones is 1. The lowest BCUT2D eigenvalue weighted by molar-refractivity contribution is -0.116. The van der Waals surface area contributed by atoms with Gasteiger partial charge >= 0.3 is 0 Å². The SMILES string of the molecule is COc1cc(N2C(N)=C(C#N)C(c3ccc(OC)c(OC)c3OC)C3=C2CCCC3=O)cc(OC)c1OC. The number of benzene rings is 2. The Morgan fingerprint density at radius 2 is 1.45 bits per heavy atom. The smallest absolute Gasteiger partial charge is 0.203 e. The number of hydrogen-bond acceptors (Lipinski definition) is 10. The van der Waals surface area contributed by atoms with E-state index in [9.17, 15) is 10.1 Å². The monoisotopic (exact) mass is 521 g/mol. The van der Waals surface area contributed by atoms with Gasteiger partial charge in [0.05, 0.1) is 65.9 Å². The Bertz CT molecular complexity index is 1350. The average molecular weight is 522 g/mol. The molecule has 1 aliphatic carbocycles. The van der Waals surface area contributed by atoms with Gasteiger partial charge in [-0.15, -0.1) is 0 Å². The molecule has 0 amide bonds. The molecule has 2 aliphatic rings. The van der Waals surface area contributed by atoms with Gasteiger partial charge in [0, 0.05) is 35.4 Å². The molecule has 0 radical (unpaired) electrons. The first-order valence-electron chi connectivity index (χ1n) is 11.9. The van der Waals surface area contributed by atoms with Crippen molar-refractivity contribution in [2.24, 2.45) is 5.73 Å². The number of nitriles is 1. The van der Waals surface area contributed by atoms with Crippen LogP contribution >= 0.6 is 0 Å². The predicted octanol–water partition coefficient (Wildman–Crippen LogP) is 4.04. The zero-order chi connectivity index (χ0) is 27.6. The first kappa shape index (κ1) is 26.5. The molecule has 1 atom stereocenters. The molecule has 10 heteroatoms. The molecule has 0 saturated heterocycles. The molecule has 0 saturated carbocycles. The third-order valence-corrected chi connectivity index (χ3v) is 6.87. The van der Waals surface area contributed by atoms with Gasteiger partial charge < -0.3 is 34.2 Å². The van der Waals surface area contributed by atoms with E-state index < -0.39 is 5.92 Å². The highest BCUT2D eigenvalue weighted by atomic mass is 16.5. The minimum atomic E-state index is -0.754. The first-order valence-corrected chi connectivity index (χ1v) is 11.9. The number of allylic oxidation sites excluding steroid dienone is 3. The standard InChI is InChI=1S/C28H31N3O7/c1-33-20-11-10-16(25(36-4)27(20)38-6)23-17(14-29)28(30)31(18-8-7-9-19(32)24(18)23)15-12-21(34-2)26(37-5)22(13-15)35-3/h10-13,23H,7-9,30H2,1-6H3. The number of carbonyl (C=O) groups excluding carboxylic acids is 1. The van der Waals surface area contributed by atoms with Gasteiger partial charge in [0.15, 0.2) is 28.8 Å². The molecule has 2 aromatic rings. The molecule has 38 heavy (non-hydrogen) atoms. The molecule has 4 rings (SSSR count). The van der Waals surface area contributed by atoms with Crippen LogP contribution in [0.2, 0.25) is 0 Å². The van der Waals surface area contributed by atoms with Gasteiger partial charge in [0.2, 0.25) is 11.5 Å². The van der Waals surface area contributed by atoms with Crippen molar-refractivity contribution in [1.29, 1.82) is 5.26 Å². The number of rotatable bonds is 8. The third kappa shape index (κ3) is 4.10. The van der Waals surface area contributed by atoms with E-state index in [2.05, 4.69) is 6.07 Å². The second-order valence-electron chi connectivity index (χ2n) is 8.62. The fourth-order valence-corrected chi connectivity index (χ4v) is 5.24. The molecular weight excluding hydrogens is 490 g/mol. The second kappa shape index (κ2) is 10.8. The van der Waals surface area contributed by atoms with Gasteiger partial charge in [-0.05, 0) is 18.9 Å². The van der Waals surface area contributed by atoms with Crippen LogP contribution in [0.5, 0.6) is 34.5 Å². The number of anilines is 1. The Morgan fingerprint density at radius 3 is 1.97 bits per heavy atom. The number of Topliss-reactive ketones (excluding diaryl/α,β-unsaturated/α-hetero) is 1. The third-order valence-electron chi connectivity index (χ3n) is 6.87. The molecular formula is C28H31N3O7. The molecule has 1 unspecified atom stereocenters. The van der Waals surface area contributed by atoms with Crippen molar-refractivity contribution < 1.29 is 33.2 Å². The molecule has 200 valence electrons. The van der Waals surface area contributed by atoms with Crippen LogP contribution in [0, 0.1) is 11.3 Å². The summed E-state index contributed by atoms with van der Waals surface area (Å²) in [5.41, 5.74) is 9.30. The lowest BCUT2D eigenvalue weighted by Gasteiger charge is -2.40. The summed E-state index contributed by atoms with van der Waals surface area (Å²) in [6, 6.07) is 9.24. The van der Waals surface area contributed by atoms with Crippen molar-refractivity contribution in [1.82, 2.24) is 0 Å². The molecule has 0 bridgehead atoms. The lowest BCUT2D eigenvalue weighted by atomic mass is 9.75. The van der Waals surface area contributed by atoms with Gasteiger partial charge in [-0.25, -0.2) is 0 Å². The number of ether oxygens (including phenoxy) is 6. The largest absolute Gasteiger partial charge is 0.493 e. The van der Waals surface area contributed by atoms with Gasteiger partial charge in [-0.2, -0.15) is 5.26 Å².